The first-order valence-electron chi connectivity index (χ1n) is 4.46. The van der Waals surface area contributed by atoms with Gasteiger partial charge in [-0.3, -0.25) is 4.98 Å². The van der Waals surface area contributed by atoms with Gasteiger partial charge in [0.2, 0.25) is 0 Å². The molecule has 78 valence electrons. The largest absolute Gasteiger partial charge is 0.395 e. The maximum atomic E-state index is 8.83. The average Bonchev–Trinajstić information content (AvgIpc) is 2.26. The number of aromatic nitrogens is 2. The third kappa shape index (κ3) is 2.54. The Morgan fingerprint density at radius 2 is 2.36 bits per heavy atom. The number of nitrogen functional groups attached to an aromatic ring is 1. The summed E-state index contributed by atoms with van der Waals surface area (Å²) in [7, 11) is 0. The van der Waals surface area contributed by atoms with Gasteiger partial charge in [0.15, 0.2) is 5.82 Å². The van der Waals surface area contributed by atoms with E-state index >= 15 is 0 Å². The molecule has 1 aromatic heterocycles. The predicted octanol–water partition coefficient (Wildman–Crippen LogP) is -0.419. The zero-order chi connectivity index (χ0) is 10.4. The van der Waals surface area contributed by atoms with Crippen molar-refractivity contribution in [2.24, 2.45) is 5.84 Å². The number of rotatable bonds is 5. The van der Waals surface area contributed by atoms with E-state index in [2.05, 4.69) is 15.4 Å². The minimum atomic E-state index is 0.0931. The number of likely N-dealkylation sites (N-methyl/N-ethyl adjacent to an activating group) is 1. The second-order valence-electron chi connectivity index (χ2n) is 2.71. The van der Waals surface area contributed by atoms with Crippen molar-refractivity contribution in [1.29, 1.82) is 0 Å². The maximum absolute atomic E-state index is 8.83. The predicted molar refractivity (Wildman–Crippen MR) is 54.8 cm³/mol. The zero-order valence-electron chi connectivity index (χ0n) is 8.14. The fourth-order valence-electron chi connectivity index (χ4n) is 1.13. The van der Waals surface area contributed by atoms with Crippen LogP contribution >= 0.6 is 0 Å². The third-order valence-corrected chi connectivity index (χ3v) is 1.85. The molecule has 0 saturated carbocycles. The molecule has 1 rings (SSSR count). The summed E-state index contributed by atoms with van der Waals surface area (Å²) in [5.74, 6) is 6.43. The van der Waals surface area contributed by atoms with Crippen molar-refractivity contribution < 1.29 is 5.11 Å². The summed E-state index contributed by atoms with van der Waals surface area (Å²) in [5, 5.41) is 8.83. The highest BCUT2D eigenvalue weighted by atomic mass is 16.3. The molecule has 0 unspecified atom stereocenters. The van der Waals surface area contributed by atoms with Crippen LogP contribution in [0.4, 0.5) is 11.6 Å². The fourth-order valence-corrected chi connectivity index (χ4v) is 1.13. The molecule has 14 heavy (non-hydrogen) atoms. The van der Waals surface area contributed by atoms with Crippen LogP contribution in [0.25, 0.3) is 0 Å². The van der Waals surface area contributed by atoms with E-state index in [1.807, 2.05) is 11.8 Å². The topological polar surface area (TPSA) is 87.3 Å². The van der Waals surface area contributed by atoms with Crippen LogP contribution in [0.15, 0.2) is 12.4 Å². The molecular formula is C8H15N5O. The van der Waals surface area contributed by atoms with E-state index in [4.69, 9.17) is 10.9 Å². The summed E-state index contributed by atoms with van der Waals surface area (Å²) in [6.45, 7) is 3.39. The highest BCUT2D eigenvalue weighted by Gasteiger charge is 2.05. The Morgan fingerprint density at radius 3 is 2.93 bits per heavy atom. The molecule has 1 aromatic rings. The zero-order valence-corrected chi connectivity index (χ0v) is 8.14. The van der Waals surface area contributed by atoms with Gasteiger partial charge in [-0.2, -0.15) is 0 Å². The highest BCUT2D eigenvalue weighted by molar-refractivity contribution is 5.42. The SMILES string of the molecule is CCN(CCO)c1cncc(NN)n1. The van der Waals surface area contributed by atoms with Crippen LogP contribution in [-0.4, -0.2) is 34.8 Å². The summed E-state index contributed by atoms with van der Waals surface area (Å²) in [6.07, 6.45) is 3.18. The number of nitrogens with one attached hydrogen (secondary N) is 1. The van der Waals surface area contributed by atoms with E-state index in [0.29, 0.717) is 18.2 Å². The quantitative estimate of drug-likeness (QED) is 0.439. The molecular weight excluding hydrogens is 182 g/mol. The first-order chi connectivity index (χ1) is 6.81. The number of nitrogens with zero attached hydrogens (tertiary/aromatic N) is 3. The summed E-state index contributed by atoms with van der Waals surface area (Å²) < 4.78 is 0. The van der Waals surface area contributed by atoms with Crippen LogP contribution in [0.2, 0.25) is 0 Å². The molecule has 1 heterocycles. The number of hydrogen-bond donors (Lipinski definition) is 3. The highest BCUT2D eigenvalue weighted by Crippen LogP contribution is 2.10. The summed E-state index contributed by atoms with van der Waals surface area (Å²) in [5.41, 5.74) is 2.43. The Bertz CT molecular complexity index is 280. The monoisotopic (exact) mass is 197 g/mol. The lowest BCUT2D eigenvalue weighted by Gasteiger charge is -2.20. The molecule has 0 aliphatic rings. The van der Waals surface area contributed by atoms with Crippen molar-refractivity contribution in [1.82, 2.24) is 9.97 Å². The van der Waals surface area contributed by atoms with Gasteiger partial charge >= 0.3 is 0 Å². The summed E-state index contributed by atoms with van der Waals surface area (Å²) in [4.78, 5) is 10.1. The van der Waals surface area contributed by atoms with Gasteiger partial charge in [0.05, 0.1) is 19.0 Å². The van der Waals surface area contributed by atoms with Crippen LogP contribution in [0.5, 0.6) is 0 Å². The molecule has 0 aliphatic carbocycles. The van der Waals surface area contributed by atoms with Gasteiger partial charge in [-0.15, -0.1) is 0 Å². The van der Waals surface area contributed by atoms with Crippen molar-refractivity contribution >= 4 is 11.6 Å². The van der Waals surface area contributed by atoms with Crippen LogP contribution in [0.1, 0.15) is 6.92 Å². The van der Waals surface area contributed by atoms with Gasteiger partial charge < -0.3 is 15.4 Å². The van der Waals surface area contributed by atoms with Gasteiger partial charge in [0.1, 0.15) is 5.82 Å². The van der Waals surface area contributed by atoms with Crippen LogP contribution in [-0.2, 0) is 0 Å². The number of hydrogen-bond acceptors (Lipinski definition) is 6. The molecule has 0 bridgehead atoms. The number of hydrazine groups is 1. The van der Waals surface area contributed by atoms with Crippen molar-refractivity contribution in [2.45, 2.75) is 6.92 Å². The van der Waals surface area contributed by atoms with Gasteiger partial charge in [-0.1, -0.05) is 0 Å². The van der Waals surface area contributed by atoms with Crippen LogP contribution in [0.3, 0.4) is 0 Å². The number of aliphatic hydroxyl groups excluding tert-OH is 1. The molecule has 0 fully saturated rings. The van der Waals surface area contributed by atoms with Gasteiger partial charge in [-0.25, -0.2) is 10.8 Å². The molecule has 0 aromatic carbocycles. The van der Waals surface area contributed by atoms with Gasteiger partial charge in [0.25, 0.3) is 0 Å². The number of nitrogens with two attached hydrogens (primary N) is 1. The molecule has 6 nitrogen and oxygen atoms in total. The van der Waals surface area contributed by atoms with E-state index in [0.717, 1.165) is 6.54 Å². The minimum Gasteiger partial charge on any atom is -0.395 e. The van der Waals surface area contributed by atoms with E-state index in [1.54, 1.807) is 6.20 Å². The van der Waals surface area contributed by atoms with Gasteiger partial charge in [-0.05, 0) is 6.92 Å². The second kappa shape index (κ2) is 5.36. The lowest BCUT2D eigenvalue weighted by atomic mass is 10.4. The Labute approximate surface area is 82.7 Å². The lowest BCUT2D eigenvalue weighted by Crippen LogP contribution is -2.27. The van der Waals surface area contributed by atoms with Crippen LogP contribution < -0.4 is 16.2 Å². The smallest absolute Gasteiger partial charge is 0.160 e. The van der Waals surface area contributed by atoms with Crippen molar-refractivity contribution in [3.8, 4) is 0 Å². The molecule has 6 heteroatoms. The standard InChI is InChI=1S/C8H15N5O/c1-2-13(3-4-14)8-6-10-5-7(11-8)12-9/h5-6,14H,2-4,9H2,1H3,(H,11,12). The first-order valence-corrected chi connectivity index (χ1v) is 4.46. The van der Waals surface area contributed by atoms with Crippen molar-refractivity contribution in [3.63, 3.8) is 0 Å². The fraction of sp³-hybridized carbons (Fsp3) is 0.500. The van der Waals surface area contributed by atoms with E-state index in [1.165, 1.54) is 6.20 Å². The normalized spacial score (nSPS) is 9.93. The Hall–Kier alpha value is -1.40. The third-order valence-electron chi connectivity index (χ3n) is 1.85. The van der Waals surface area contributed by atoms with Crippen LogP contribution in [0, 0.1) is 0 Å². The van der Waals surface area contributed by atoms with E-state index in [-0.39, 0.29) is 6.61 Å². The summed E-state index contributed by atoms with van der Waals surface area (Å²) in [6, 6.07) is 0. The second-order valence-corrected chi connectivity index (χ2v) is 2.71. The average molecular weight is 197 g/mol. The maximum Gasteiger partial charge on any atom is 0.160 e. The molecule has 0 atom stereocenters. The van der Waals surface area contributed by atoms with Crippen molar-refractivity contribution in [3.05, 3.63) is 12.4 Å². The Balaban J connectivity index is 2.80. The van der Waals surface area contributed by atoms with E-state index in [9.17, 15) is 0 Å². The molecule has 0 radical (unpaired) electrons. The molecule has 4 N–H and O–H groups in total. The van der Waals surface area contributed by atoms with E-state index < -0.39 is 0 Å². The molecule has 0 saturated heterocycles. The first kappa shape index (κ1) is 10.7. The Kier molecular flexibility index (Phi) is 4.09. The Morgan fingerprint density at radius 1 is 1.57 bits per heavy atom. The number of anilines is 2. The molecule has 0 spiro atoms. The van der Waals surface area contributed by atoms with Crippen molar-refractivity contribution in [2.75, 3.05) is 30.0 Å². The molecule has 0 aliphatic heterocycles. The molecule has 0 amide bonds. The van der Waals surface area contributed by atoms with Gasteiger partial charge in [0, 0.05) is 13.1 Å². The minimum absolute atomic E-state index is 0.0931. The number of aliphatic hydroxyl groups is 1. The summed E-state index contributed by atoms with van der Waals surface area (Å²) >= 11 is 0. The lowest BCUT2D eigenvalue weighted by molar-refractivity contribution is 0.302.